The molecule has 0 fully saturated rings. The number of methoxy groups -OCH3 is 1. The van der Waals surface area contributed by atoms with Crippen LogP contribution in [0.4, 0.5) is 0 Å². The molecule has 0 bridgehead atoms. The highest BCUT2D eigenvalue weighted by molar-refractivity contribution is 5.94. The quantitative estimate of drug-likeness (QED) is 0.198. The average Bonchev–Trinajstić information content (AvgIpc) is 3.27. The Balaban J connectivity index is 1.34. The molecule has 3 aromatic carbocycles. The number of carbonyl (C=O) groups excluding carboxylic acids is 1. The van der Waals surface area contributed by atoms with E-state index in [4.69, 9.17) is 14.5 Å². The fourth-order valence-electron chi connectivity index (χ4n) is 4.24. The van der Waals surface area contributed by atoms with Gasteiger partial charge in [0.25, 0.3) is 5.91 Å². The maximum atomic E-state index is 12.3. The summed E-state index contributed by atoms with van der Waals surface area (Å²) in [5.41, 5.74) is 3.92. The average molecular weight is 484 g/mol. The summed E-state index contributed by atoms with van der Waals surface area (Å²) in [6.45, 7) is 5.75. The molecule has 0 aliphatic rings. The standard InChI is InChI=1S/C30H33N3O3/c1-3-11-23-17-18-27(28(22-23)35-2)36-21-10-20-33-26-15-8-7-14-25(26)32-29(33)16-9-19-31-30(34)24-12-5-4-6-13-24/h3-8,12-15,17-18,22H,1,9-11,16,19-21H2,2H3,(H,31,34). The summed E-state index contributed by atoms with van der Waals surface area (Å²) in [5, 5.41) is 3.00. The van der Waals surface area contributed by atoms with Crippen LogP contribution >= 0.6 is 0 Å². The predicted octanol–water partition coefficient (Wildman–Crippen LogP) is 5.61. The van der Waals surface area contributed by atoms with Crippen LogP contribution in [0.2, 0.25) is 0 Å². The molecule has 0 aliphatic carbocycles. The number of nitrogens with one attached hydrogen (secondary N) is 1. The molecule has 4 aromatic rings. The fraction of sp³-hybridized carbons (Fsp3) is 0.267. The highest BCUT2D eigenvalue weighted by atomic mass is 16.5. The van der Waals surface area contributed by atoms with Crippen molar-refractivity contribution in [3.8, 4) is 11.5 Å². The minimum Gasteiger partial charge on any atom is -0.493 e. The van der Waals surface area contributed by atoms with Gasteiger partial charge in [-0.3, -0.25) is 4.79 Å². The van der Waals surface area contributed by atoms with E-state index in [0.717, 1.165) is 66.1 Å². The van der Waals surface area contributed by atoms with Crippen molar-refractivity contribution in [2.75, 3.05) is 20.3 Å². The summed E-state index contributed by atoms with van der Waals surface area (Å²) in [7, 11) is 1.66. The maximum Gasteiger partial charge on any atom is 0.251 e. The van der Waals surface area contributed by atoms with E-state index in [1.165, 1.54) is 0 Å². The molecule has 0 aliphatic heterocycles. The molecule has 0 saturated carbocycles. The first-order valence-corrected chi connectivity index (χ1v) is 12.4. The topological polar surface area (TPSA) is 65.4 Å². The number of imidazole rings is 1. The molecule has 36 heavy (non-hydrogen) atoms. The third-order valence-corrected chi connectivity index (χ3v) is 6.02. The van der Waals surface area contributed by atoms with E-state index in [2.05, 4.69) is 22.5 Å². The summed E-state index contributed by atoms with van der Waals surface area (Å²) < 4.78 is 13.8. The molecule has 6 heteroatoms. The number of benzene rings is 3. The van der Waals surface area contributed by atoms with Gasteiger partial charge < -0.3 is 19.4 Å². The number of rotatable bonds is 13. The lowest BCUT2D eigenvalue weighted by atomic mass is 10.1. The number of fused-ring (bicyclic) bond motifs is 1. The number of aromatic nitrogens is 2. The van der Waals surface area contributed by atoms with E-state index in [9.17, 15) is 4.79 Å². The van der Waals surface area contributed by atoms with Gasteiger partial charge >= 0.3 is 0 Å². The van der Waals surface area contributed by atoms with Gasteiger partial charge in [0.2, 0.25) is 0 Å². The van der Waals surface area contributed by atoms with Gasteiger partial charge in [0.1, 0.15) is 5.82 Å². The molecule has 0 saturated heterocycles. The molecule has 0 atom stereocenters. The van der Waals surface area contributed by atoms with E-state index in [1.54, 1.807) is 7.11 Å². The summed E-state index contributed by atoms with van der Waals surface area (Å²) in [5.74, 6) is 2.46. The Kier molecular flexibility index (Phi) is 8.76. The number of nitrogens with zero attached hydrogens (tertiary/aromatic N) is 2. The zero-order valence-electron chi connectivity index (χ0n) is 20.8. The highest BCUT2D eigenvalue weighted by Crippen LogP contribution is 2.28. The number of ether oxygens (including phenoxy) is 2. The zero-order valence-corrected chi connectivity index (χ0v) is 20.8. The van der Waals surface area contributed by atoms with E-state index >= 15 is 0 Å². The monoisotopic (exact) mass is 483 g/mol. The summed E-state index contributed by atoms with van der Waals surface area (Å²) in [6, 6.07) is 23.5. The van der Waals surface area contributed by atoms with Crippen LogP contribution in [0.1, 0.15) is 34.6 Å². The number of hydrogen-bond donors (Lipinski definition) is 1. The van der Waals surface area contributed by atoms with Crippen molar-refractivity contribution in [1.82, 2.24) is 14.9 Å². The van der Waals surface area contributed by atoms with Gasteiger partial charge in [-0.05, 0) is 61.2 Å². The second-order valence-corrected chi connectivity index (χ2v) is 8.57. The van der Waals surface area contributed by atoms with E-state index in [-0.39, 0.29) is 5.91 Å². The molecule has 0 spiro atoms. The molecule has 1 heterocycles. The van der Waals surface area contributed by atoms with Crippen molar-refractivity contribution in [2.24, 2.45) is 0 Å². The van der Waals surface area contributed by atoms with Crippen LogP contribution in [0, 0.1) is 0 Å². The Bertz CT molecular complexity index is 1300. The number of allylic oxidation sites excluding steroid dienone is 1. The van der Waals surface area contributed by atoms with Crippen molar-refractivity contribution in [3.63, 3.8) is 0 Å². The van der Waals surface area contributed by atoms with Gasteiger partial charge in [0, 0.05) is 25.1 Å². The minimum atomic E-state index is -0.0470. The second-order valence-electron chi connectivity index (χ2n) is 8.57. The minimum absolute atomic E-state index is 0.0470. The number of hydrogen-bond acceptors (Lipinski definition) is 4. The number of aryl methyl sites for hydroxylation is 2. The van der Waals surface area contributed by atoms with Crippen LogP contribution in [0.25, 0.3) is 11.0 Å². The molecule has 4 rings (SSSR count). The van der Waals surface area contributed by atoms with Crippen LogP contribution in [-0.2, 0) is 19.4 Å². The van der Waals surface area contributed by atoms with Gasteiger partial charge in [-0.25, -0.2) is 4.98 Å². The molecule has 1 N–H and O–H groups in total. The Labute approximate surface area is 212 Å². The molecular weight excluding hydrogens is 450 g/mol. The Morgan fingerprint density at radius 2 is 1.83 bits per heavy atom. The number of para-hydroxylation sites is 2. The molecule has 1 amide bonds. The second kappa shape index (κ2) is 12.6. The Morgan fingerprint density at radius 1 is 1.03 bits per heavy atom. The van der Waals surface area contributed by atoms with Gasteiger partial charge in [0.05, 0.1) is 24.8 Å². The first kappa shape index (κ1) is 25.0. The first-order chi connectivity index (χ1) is 17.7. The lowest BCUT2D eigenvalue weighted by molar-refractivity contribution is 0.0953. The highest BCUT2D eigenvalue weighted by Gasteiger charge is 2.12. The fourth-order valence-corrected chi connectivity index (χ4v) is 4.24. The van der Waals surface area contributed by atoms with E-state index in [0.29, 0.717) is 18.7 Å². The number of amides is 1. The smallest absolute Gasteiger partial charge is 0.251 e. The lowest BCUT2D eigenvalue weighted by Crippen LogP contribution is -2.24. The van der Waals surface area contributed by atoms with Gasteiger partial charge in [0.15, 0.2) is 11.5 Å². The molecule has 6 nitrogen and oxygen atoms in total. The summed E-state index contributed by atoms with van der Waals surface area (Å²) >= 11 is 0. The van der Waals surface area contributed by atoms with Crippen LogP contribution in [-0.4, -0.2) is 35.7 Å². The van der Waals surface area contributed by atoms with Crippen molar-refractivity contribution >= 4 is 16.9 Å². The maximum absolute atomic E-state index is 12.3. The lowest BCUT2D eigenvalue weighted by Gasteiger charge is -2.13. The normalized spacial score (nSPS) is 10.8. The van der Waals surface area contributed by atoms with Crippen molar-refractivity contribution in [3.05, 3.63) is 102 Å². The predicted molar refractivity (Wildman–Crippen MR) is 144 cm³/mol. The van der Waals surface area contributed by atoms with Gasteiger partial charge in [-0.1, -0.05) is 42.5 Å². The van der Waals surface area contributed by atoms with Crippen molar-refractivity contribution in [1.29, 1.82) is 0 Å². The van der Waals surface area contributed by atoms with E-state index < -0.39 is 0 Å². The van der Waals surface area contributed by atoms with Crippen molar-refractivity contribution in [2.45, 2.75) is 32.2 Å². The summed E-state index contributed by atoms with van der Waals surface area (Å²) in [4.78, 5) is 17.2. The Hall–Kier alpha value is -4.06. The summed E-state index contributed by atoms with van der Waals surface area (Å²) in [6.07, 6.45) is 5.09. The van der Waals surface area contributed by atoms with Gasteiger partial charge in [-0.2, -0.15) is 0 Å². The SMILES string of the molecule is C=CCc1ccc(OCCCn2c(CCCNC(=O)c3ccccc3)nc3ccccc32)c(OC)c1. The molecular formula is C30H33N3O3. The van der Waals surface area contributed by atoms with Crippen LogP contribution in [0.15, 0.2) is 85.5 Å². The Morgan fingerprint density at radius 3 is 2.64 bits per heavy atom. The molecule has 0 radical (unpaired) electrons. The number of carbonyl (C=O) groups is 1. The van der Waals surface area contributed by atoms with Crippen LogP contribution < -0.4 is 14.8 Å². The molecule has 186 valence electrons. The third-order valence-electron chi connectivity index (χ3n) is 6.02. The van der Waals surface area contributed by atoms with Crippen LogP contribution in [0.3, 0.4) is 0 Å². The van der Waals surface area contributed by atoms with Crippen molar-refractivity contribution < 1.29 is 14.3 Å². The van der Waals surface area contributed by atoms with E-state index in [1.807, 2.05) is 72.8 Å². The van der Waals surface area contributed by atoms with Gasteiger partial charge in [-0.15, -0.1) is 6.58 Å². The third kappa shape index (κ3) is 6.33. The zero-order chi connectivity index (χ0) is 25.2. The molecule has 0 unspecified atom stereocenters. The largest absolute Gasteiger partial charge is 0.493 e. The first-order valence-electron chi connectivity index (χ1n) is 12.4. The van der Waals surface area contributed by atoms with Crippen LogP contribution in [0.5, 0.6) is 11.5 Å². The molecule has 1 aromatic heterocycles.